The highest BCUT2D eigenvalue weighted by Gasteiger charge is 2.24. The van der Waals surface area contributed by atoms with Crippen LogP contribution in [0.1, 0.15) is 37.1 Å². The Morgan fingerprint density at radius 2 is 1.05 bits per heavy atom. The Kier molecular flexibility index (Phi) is 3.96. The first-order valence-corrected chi connectivity index (χ1v) is 7.37. The summed E-state index contributed by atoms with van der Waals surface area (Å²) >= 11 is 0. The second kappa shape index (κ2) is 6.04. The normalized spacial score (nSPS) is 17.0. The lowest BCUT2D eigenvalue weighted by Gasteiger charge is -2.28. The molecule has 0 N–H and O–H groups in total. The highest BCUT2D eigenvalue weighted by atomic mass is 15.4. The van der Waals surface area contributed by atoms with Gasteiger partial charge in [-0.15, -0.1) is 0 Å². The highest BCUT2D eigenvalue weighted by molar-refractivity contribution is 5.23. The minimum absolute atomic E-state index is 0.287. The standard InChI is InChI=1S/C19H20N2/c1-16(18-9-5-3-6-10-18)20-13-14-21(15-20)17(2)19-11-7-4-8-12-19/h3-14,16-17H,1-2H3/t16-,17?/m0/s1. The molecule has 2 aromatic carbocycles. The summed E-state index contributed by atoms with van der Waals surface area (Å²) in [7, 11) is 0. The zero-order valence-corrected chi connectivity index (χ0v) is 12.5. The second-order valence-electron chi connectivity index (χ2n) is 5.39. The highest BCUT2D eigenvalue weighted by Crippen LogP contribution is 2.31. The lowest BCUT2D eigenvalue weighted by Crippen LogP contribution is -2.24. The molecular weight excluding hydrogens is 256 g/mol. The summed E-state index contributed by atoms with van der Waals surface area (Å²) in [5, 5.41) is 0. The molecule has 106 valence electrons. The van der Waals surface area contributed by atoms with E-state index in [-0.39, 0.29) is 12.1 Å². The summed E-state index contributed by atoms with van der Waals surface area (Å²) in [6.07, 6.45) is 4.19. The fourth-order valence-corrected chi connectivity index (χ4v) is 2.56. The van der Waals surface area contributed by atoms with E-state index in [1.165, 1.54) is 11.1 Å². The van der Waals surface area contributed by atoms with E-state index in [2.05, 4.69) is 91.2 Å². The molecule has 0 bridgehead atoms. The van der Waals surface area contributed by atoms with Crippen LogP contribution in [0.5, 0.6) is 0 Å². The second-order valence-corrected chi connectivity index (χ2v) is 5.39. The SMILES string of the molecule is CC(c1ccccc1)N1[C]N([C@@H](C)c2ccccc2)C=C1. The van der Waals surface area contributed by atoms with Crippen LogP contribution in [0.4, 0.5) is 0 Å². The van der Waals surface area contributed by atoms with Crippen molar-refractivity contribution in [1.29, 1.82) is 0 Å². The summed E-state index contributed by atoms with van der Waals surface area (Å²) < 4.78 is 0. The minimum Gasteiger partial charge on any atom is -0.339 e. The Labute approximate surface area is 127 Å². The largest absolute Gasteiger partial charge is 0.339 e. The predicted molar refractivity (Wildman–Crippen MR) is 85.8 cm³/mol. The molecule has 2 radical (unpaired) electrons. The van der Waals surface area contributed by atoms with E-state index in [1.54, 1.807) is 0 Å². The molecule has 2 aromatic rings. The Hall–Kier alpha value is -2.22. The maximum atomic E-state index is 3.44. The number of nitrogens with zero attached hydrogens (tertiary/aromatic N) is 2. The third-order valence-electron chi connectivity index (χ3n) is 4.02. The number of benzene rings is 2. The van der Waals surface area contributed by atoms with Gasteiger partial charge >= 0.3 is 0 Å². The van der Waals surface area contributed by atoms with Crippen LogP contribution in [0, 0.1) is 6.67 Å². The van der Waals surface area contributed by atoms with Gasteiger partial charge in [0, 0.05) is 12.4 Å². The van der Waals surface area contributed by atoms with Crippen molar-refractivity contribution in [3.63, 3.8) is 0 Å². The van der Waals surface area contributed by atoms with Crippen LogP contribution in [-0.2, 0) is 0 Å². The van der Waals surface area contributed by atoms with Crippen molar-refractivity contribution in [1.82, 2.24) is 9.80 Å². The van der Waals surface area contributed by atoms with Crippen LogP contribution in [0.2, 0.25) is 0 Å². The summed E-state index contributed by atoms with van der Waals surface area (Å²) in [5.74, 6) is 0. The fraction of sp³-hybridized carbons (Fsp3) is 0.211. The van der Waals surface area contributed by atoms with Crippen LogP contribution in [0.15, 0.2) is 73.1 Å². The summed E-state index contributed by atoms with van der Waals surface area (Å²) in [6.45, 7) is 7.84. The molecule has 2 atom stereocenters. The molecule has 2 heteroatoms. The van der Waals surface area contributed by atoms with E-state index in [0.717, 1.165) is 0 Å². The molecule has 0 aromatic heterocycles. The minimum atomic E-state index is 0.287. The maximum Gasteiger partial charge on any atom is 0.208 e. The number of hydrogen-bond donors (Lipinski definition) is 0. The average molecular weight is 276 g/mol. The van der Waals surface area contributed by atoms with Crippen LogP contribution in [0.25, 0.3) is 0 Å². The molecule has 0 saturated carbocycles. The molecule has 2 nitrogen and oxygen atoms in total. The molecule has 0 fully saturated rings. The smallest absolute Gasteiger partial charge is 0.208 e. The van der Waals surface area contributed by atoms with Crippen molar-refractivity contribution >= 4 is 0 Å². The van der Waals surface area contributed by atoms with Crippen LogP contribution in [0.3, 0.4) is 0 Å². The average Bonchev–Trinajstić information content (AvgIpc) is 3.05. The van der Waals surface area contributed by atoms with Gasteiger partial charge in [-0.1, -0.05) is 60.7 Å². The monoisotopic (exact) mass is 276 g/mol. The molecule has 0 amide bonds. The Morgan fingerprint density at radius 1 is 0.667 bits per heavy atom. The van der Waals surface area contributed by atoms with Gasteiger partial charge in [0.15, 0.2) is 0 Å². The zero-order chi connectivity index (χ0) is 14.7. The summed E-state index contributed by atoms with van der Waals surface area (Å²) in [4.78, 5) is 4.27. The fourth-order valence-electron chi connectivity index (χ4n) is 2.56. The molecule has 0 spiro atoms. The molecule has 0 aliphatic carbocycles. The van der Waals surface area contributed by atoms with Gasteiger partial charge < -0.3 is 9.80 Å². The molecule has 1 aliphatic rings. The van der Waals surface area contributed by atoms with Crippen LogP contribution < -0.4 is 0 Å². The topological polar surface area (TPSA) is 6.48 Å². The van der Waals surface area contributed by atoms with E-state index in [0.29, 0.717) is 0 Å². The van der Waals surface area contributed by atoms with Gasteiger partial charge in [0.25, 0.3) is 0 Å². The van der Waals surface area contributed by atoms with Crippen molar-refractivity contribution in [3.8, 4) is 0 Å². The Balaban J connectivity index is 1.68. The quantitative estimate of drug-likeness (QED) is 0.805. The van der Waals surface area contributed by atoms with Gasteiger partial charge in [-0.2, -0.15) is 0 Å². The van der Waals surface area contributed by atoms with Gasteiger partial charge in [0.05, 0.1) is 12.1 Å². The summed E-state index contributed by atoms with van der Waals surface area (Å²) in [6, 6.07) is 21.6. The van der Waals surface area contributed by atoms with Crippen LogP contribution >= 0.6 is 0 Å². The first-order chi connectivity index (χ1) is 10.3. The first kappa shape index (κ1) is 13.7. The Morgan fingerprint density at radius 3 is 1.43 bits per heavy atom. The van der Waals surface area contributed by atoms with E-state index in [1.807, 2.05) is 12.1 Å². The van der Waals surface area contributed by atoms with Gasteiger partial charge in [-0.25, -0.2) is 0 Å². The van der Waals surface area contributed by atoms with Crippen LogP contribution in [-0.4, -0.2) is 9.80 Å². The van der Waals surface area contributed by atoms with E-state index in [4.69, 9.17) is 0 Å². The van der Waals surface area contributed by atoms with Crippen molar-refractivity contribution in [3.05, 3.63) is 90.9 Å². The molecule has 1 aliphatic heterocycles. The van der Waals surface area contributed by atoms with Crippen molar-refractivity contribution in [2.75, 3.05) is 0 Å². The van der Waals surface area contributed by atoms with Gasteiger partial charge in [-0.3, -0.25) is 0 Å². The van der Waals surface area contributed by atoms with Crippen molar-refractivity contribution in [2.45, 2.75) is 25.9 Å². The van der Waals surface area contributed by atoms with Gasteiger partial charge in [-0.05, 0) is 25.0 Å². The van der Waals surface area contributed by atoms with Crippen molar-refractivity contribution in [2.24, 2.45) is 0 Å². The molecule has 0 saturated heterocycles. The van der Waals surface area contributed by atoms with Gasteiger partial charge in [0.2, 0.25) is 6.67 Å². The third-order valence-corrected chi connectivity index (χ3v) is 4.02. The lowest BCUT2D eigenvalue weighted by atomic mass is 10.1. The van der Waals surface area contributed by atoms with Gasteiger partial charge in [0.1, 0.15) is 0 Å². The maximum absolute atomic E-state index is 3.44. The van der Waals surface area contributed by atoms with E-state index in [9.17, 15) is 0 Å². The molecule has 1 unspecified atom stereocenters. The van der Waals surface area contributed by atoms with E-state index >= 15 is 0 Å². The number of rotatable bonds is 4. The zero-order valence-electron chi connectivity index (χ0n) is 12.5. The third kappa shape index (κ3) is 2.94. The molecule has 1 heterocycles. The number of hydrogen-bond acceptors (Lipinski definition) is 2. The van der Waals surface area contributed by atoms with Crippen molar-refractivity contribution < 1.29 is 0 Å². The Bertz CT molecular complexity index is 538. The molecule has 3 rings (SSSR count). The summed E-state index contributed by atoms with van der Waals surface area (Å²) in [5.41, 5.74) is 2.59. The first-order valence-electron chi connectivity index (χ1n) is 7.37. The molecule has 21 heavy (non-hydrogen) atoms. The predicted octanol–water partition coefficient (Wildman–Crippen LogP) is 4.59. The molecular formula is C19H20N2. The lowest BCUT2D eigenvalue weighted by molar-refractivity contribution is 0.259. The van der Waals surface area contributed by atoms with E-state index < -0.39 is 0 Å².